The van der Waals surface area contributed by atoms with Crippen LogP contribution >= 0.6 is 15.9 Å². The molecular weight excluding hydrogens is 419 g/mol. The molecule has 0 saturated heterocycles. The van der Waals surface area contributed by atoms with Crippen molar-refractivity contribution >= 4 is 39.6 Å². The van der Waals surface area contributed by atoms with E-state index >= 15 is 0 Å². The van der Waals surface area contributed by atoms with Gasteiger partial charge in [-0.05, 0) is 53.4 Å². The monoisotopic (exact) mass is 432 g/mol. The molecule has 1 spiro atoms. The van der Waals surface area contributed by atoms with Gasteiger partial charge in [0.05, 0.1) is 9.89 Å². The molecule has 2 heterocycles. The van der Waals surface area contributed by atoms with E-state index in [0.29, 0.717) is 12.8 Å². The number of imide groups is 1. The van der Waals surface area contributed by atoms with Crippen molar-refractivity contribution in [3.05, 3.63) is 51.5 Å². The molecule has 1 aliphatic heterocycles. The number of carbonyl (C=O) groups is 3. The Morgan fingerprint density at radius 3 is 2.59 bits per heavy atom. The van der Waals surface area contributed by atoms with Crippen LogP contribution in [0.25, 0.3) is 0 Å². The Kier molecular flexibility index (Phi) is 4.06. The van der Waals surface area contributed by atoms with Crippen molar-refractivity contribution in [1.29, 1.82) is 0 Å². The highest BCUT2D eigenvalue weighted by Gasteiger charge is 2.60. The summed E-state index contributed by atoms with van der Waals surface area (Å²) in [5.74, 6) is -2.34. The van der Waals surface area contributed by atoms with Crippen molar-refractivity contribution in [2.75, 3.05) is 11.9 Å². The van der Waals surface area contributed by atoms with E-state index in [1.54, 1.807) is 6.92 Å². The Morgan fingerprint density at radius 2 is 1.96 bits per heavy atom. The van der Waals surface area contributed by atoms with Gasteiger partial charge in [-0.15, -0.1) is 0 Å². The average Bonchev–Trinajstić information content (AvgIpc) is 3.43. The van der Waals surface area contributed by atoms with E-state index in [-0.39, 0.29) is 21.5 Å². The first kappa shape index (κ1) is 17.7. The maximum Gasteiger partial charge on any atom is 0.261 e. The highest BCUT2D eigenvalue weighted by Crippen LogP contribution is 2.54. The van der Waals surface area contributed by atoms with E-state index in [9.17, 15) is 18.8 Å². The third kappa shape index (κ3) is 2.82. The van der Waals surface area contributed by atoms with Gasteiger partial charge in [0.1, 0.15) is 12.4 Å². The van der Waals surface area contributed by atoms with Gasteiger partial charge in [0.2, 0.25) is 17.8 Å². The summed E-state index contributed by atoms with van der Waals surface area (Å²) in [4.78, 5) is 46.7. The molecule has 1 aromatic carbocycles. The lowest BCUT2D eigenvalue weighted by Gasteiger charge is -2.32. The number of anilines is 1. The Balaban J connectivity index is 1.61. The van der Waals surface area contributed by atoms with Crippen molar-refractivity contribution in [2.24, 2.45) is 0 Å². The van der Waals surface area contributed by atoms with Crippen molar-refractivity contribution < 1.29 is 18.8 Å². The minimum absolute atomic E-state index is 0.0824. The third-order valence-corrected chi connectivity index (χ3v) is 5.40. The molecular formula is C18H14BrFN4O3. The van der Waals surface area contributed by atoms with E-state index < -0.39 is 35.5 Å². The van der Waals surface area contributed by atoms with Gasteiger partial charge >= 0.3 is 0 Å². The molecule has 7 nitrogen and oxygen atoms in total. The Hall–Kier alpha value is -2.68. The first-order chi connectivity index (χ1) is 12.8. The average molecular weight is 433 g/mol. The van der Waals surface area contributed by atoms with Crippen LogP contribution < -0.4 is 5.32 Å². The standard InChI is InChI=1S/C18H14BrFN4O3/c1-9-6-21-17(22-7-9)23-12(25)8-24-15(26)10-2-3-11(19)14(20)13(10)18(4-5-18)16(24)27/h2-3,6-7H,4-5,8H2,1H3,(H,21,22,23,25). The zero-order valence-corrected chi connectivity index (χ0v) is 15.8. The number of rotatable bonds is 3. The van der Waals surface area contributed by atoms with E-state index in [4.69, 9.17) is 0 Å². The molecule has 138 valence electrons. The molecule has 1 N–H and O–H groups in total. The van der Waals surface area contributed by atoms with E-state index in [0.717, 1.165) is 10.5 Å². The second-order valence-corrected chi connectivity index (χ2v) is 7.55. The summed E-state index contributed by atoms with van der Waals surface area (Å²) in [6.45, 7) is 1.33. The SMILES string of the molecule is Cc1cnc(NC(=O)CN2C(=O)c3ccc(Br)c(F)c3C3(CC3)C2=O)nc1. The zero-order chi connectivity index (χ0) is 19.3. The zero-order valence-electron chi connectivity index (χ0n) is 14.3. The molecule has 0 atom stereocenters. The van der Waals surface area contributed by atoms with Gasteiger partial charge in [-0.25, -0.2) is 14.4 Å². The van der Waals surface area contributed by atoms with Crippen molar-refractivity contribution in [3.63, 3.8) is 0 Å². The Morgan fingerprint density at radius 1 is 1.30 bits per heavy atom. The first-order valence-corrected chi connectivity index (χ1v) is 9.06. The lowest BCUT2D eigenvalue weighted by atomic mass is 9.85. The molecule has 1 aliphatic carbocycles. The summed E-state index contributed by atoms with van der Waals surface area (Å²) in [5.41, 5.74) is 0.0185. The van der Waals surface area contributed by atoms with Crippen LogP contribution in [0.1, 0.15) is 34.3 Å². The van der Waals surface area contributed by atoms with Gasteiger partial charge in [-0.2, -0.15) is 0 Å². The maximum atomic E-state index is 14.6. The summed E-state index contributed by atoms with van der Waals surface area (Å²) >= 11 is 3.10. The summed E-state index contributed by atoms with van der Waals surface area (Å²) in [5, 5.41) is 2.46. The molecule has 1 saturated carbocycles. The molecule has 4 rings (SSSR count). The molecule has 3 amide bonds. The molecule has 2 aromatic rings. The van der Waals surface area contributed by atoms with Gasteiger partial charge in [0, 0.05) is 23.5 Å². The fourth-order valence-electron chi connectivity index (χ4n) is 3.30. The van der Waals surface area contributed by atoms with Crippen LogP contribution in [0.2, 0.25) is 0 Å². The lowest BCUT2D eigenvalue weighted by molar-refractivity contribution is -0.135. The van der Waals surface area contributed by atoms with Crippen LogP contribution in [0.3, 0.4) is 0 Å². The Bertz CT molecular complexity index is 989. The molecule has 1 aromatic heterocycles. The van der Waals surface area contributed by atoms with Crippen LogP contribution in [-0.2, 0) is 15.0 Å². The summed E-state index contributed by atoms with van der Waals surface area (Å²) < 4.78 is 14.8. The molecule has 0 unspecified atom stereocenters. The highest BCUT2D eigenvalue weighted by atomic mass is 79.9. The lowest BCUT2D eigenvalue weighted by Crippen LogP contribution is -2.51. The number of fused-ring (bicyclic) bond motifs is 2. The highest BCUT2D eigenvalue weighted by molar-refractivity contribution is 9.10. The summed E-state index contributed by atoms with van der Waals surface area (Å²) in [6, 6.07) is 2.90. The van der Waals surface area contributed by atoms with E-state index in [2.05, 4.69) is 31.2 Å². The molecule has 0 bridgehead atoms. The van der Waals surface area contributed by atoms with Crippen LogP contribution in [0.5, 0.6) is 0 Å². The number of hydrogen-bond acceptors (Lipinski definition) is 5. The molecule has 2 aliphatic rings. The minimum Gasteiger partial charge on any atom is -0.293 e. The number of amides is 3. The van der Waals surface area contributed by atoms with Crippen molar-refractivity contribution in [3.8, 4) is 0 Å². The van der Waals surface area contributed by atoms with E-state index in [1.165, 1.54) is 24.5 Å². The number of nitrogens with zero attached hydrogens (tertiary/aromatic N) is 3. The van der Waals surface area contributed by atoms with Gasteiger partial charge < -0.3 is 0 Å². The van der Waals surface area contributed by atoms with Crippen LogP contribution in [0, 0.1) is 12.7 Å². The normalized spacial score (nSPS) is 17.1. The number of halogens is 2. The quantitative estimate of drug-likeness (QED) is 0.751. The summed E-state index contributed by atoms with van der Waals surface area (Å²) in [6.07, 6.45) is 3.96. The molecule has 1 fully saturated rings. The molecule has 27 heavy (non-hydrogen) atoms. The second-order valence-electron chi connectivity index (χ2n) is 6.69. The number of hydrogen-bond donors (Lipinski definition) is 1. The van der Waals surface area contributed by atoms with Crippen LogP contribution in [0.4, 0.5) is 10.3 Å². The largest absolute Gasteiger partial charge is 0.293 e. The smallest absolute Gasteiger partial charge is 0.261 e. The maximum absolute atomic E-state index is 14.6. The topological polar surface area (TPSA) is 92.3 Å². The third-order valence-electron chi connectivity index (χ3n) is 4.79. The number of benzene rings is 1. The first-order valence-electron chi connectivity index (χ1n) is 8.27. The second kappa shape index (κ2) is 6.19. The van der Waals surface area contributed by atoms with Crippen LogP contribution in [-0.4, -0.2) is 39.1 Å². The Labute approximate surface area is 162 Å². The van der Waals surface area contributed by atoms with Crippen molar-refractivity contribution in [2.45, 2.75) is 25.2 Å². The number of nitrogens with one attached hydrogen (secondary N) is 1. The van der Waals surface area contributed by atoms with Gasteiger partial charge in [0.15, 0.2) is 0 Å². The number of aryl methyl sites for hydroxylation is 1. The van der Waals surface area contributed by atoms with Crippen molar-refractivity contribution in [1.82, 2.24) is 14.9 Å². The molecule has 0 radical (unpaired) electrons. The van der Waals surface area contributed by atoms with Crippen LogP contribution in [0.15, 0.2) is 29.0 Å². The fourth-order valence-corrected chi connectivity index (χ4v) is 3.63. The van der Waals surface area contributed by atoms with E-state index in [1.807, 2.05) is 0 Å². The minimum atomic E-state index is -1.06. The predicted molar refractivity (Wildman–Crippen MR) is 96.5 cm³/mol. The predicted octanol–water partition coefficient (Wildman–Crippen LogP) is 2.34. The number of aromatic nitrogens is 2. The summed E-state index contributed by atoms with van der Waals surface area (Å²) in [7, 11) is 0. The fraction of sp³-hybridized carbons (Fsp3) is 0.278. The van der Waals surface area contributed by atoms with Gasteiger partial charge in [-0.1, -0.05) is 0 Å². The number of carbonyl (C=O) groups excluding carboxylic acids is 3. The van der Waals surface area contributed by atoms with Gasteiger partial charge in [0.25, 0.3) is 5.91 Å². The molecule has 9 heteroatoms. The van der Waals surface area contributed by atoms with Gasteiger partial charge in [-0.3, -0.25) is 24.6 Å².